The van der Waals surface area contributed by atoms with Crippen molar-refractivity contribution < 1.29 is 4.39 Å². The molecule has 1 unspecified atom stereocenters. The Morgan fingerprint density at radius 2 is 2.35 bits per heavy atom. The molecule has 0 saturated carbocycles. The fraction of sp³-hybridized carbons (Fsp3) is 0.500. The highest BCUT2D eigenvalue weighted by molar-refractivity contribution is 9.10. The van der Waals surface area contributed by atoms with Gasteiger partial charge in [0.25, 0.3) is 0 Å². The summed E-state index contributed by atoms with van der Waals surface area (Å²) in [6.45, 7) is 5.26. The van der Waals surface area contributed by atoms with Crippen LogP contribution >= 0.6 is 28.1 Å². The summed E-state index contributed by atoms with van der Waals surface area (Å²) in [5.74, 6) is -0.330. The van der Waals surface area contributed by atoms with Gasteiger partial charge >= 0.3 is 0 Å². The van der Waals surface area contributed by atoms with Gasteiger partial charge in [0.2, 0.25) is 0 Å². The highest BCUT2D eigenvalue weighted by Gasteiger charge is 2.20. The lowest BCUT2D eigenvalue weighted by Crippen LogP contribution is -2.42. The van der Waals surface area contributed by atoms with E-state index in [1.54, 1.807) is 12.1 Å². The van der Waals surface area contributed by atoms with E-state index in [0.29, 0.717) is 15.7 Å². The Morgan fingerprint density at radius 3 is 3.00 bits per heavy atom. The Kier molecular flexibility index (Phi) is 5.35. The average molecular weight is 360 g/mol. The third-order valence-electron chi connectivity index (χ3n) is 3.66. The zero-order valence-electron chi connectivity index (χ0n) is 11.5. The van der Waals surface area contributed by atoms with Gasteiger partial charge in [-0.05, 0) is 54.0 Å². The highest BCUT2D eigenvalue weighted by atomic mass is 79.9. The van der Waals surface area contributed by atoms with Crippen molar-refractivity contribution in [3.63, 3.8) is 0 Å². The Labute approximate surface area is 132 Å². The van der Waals surface area contributed by atoms with Crippen LogP contribution in [-0.4, -0.2) is 35.6 Å². The summed E-state index contributed by atoms with van der Waals surface area (Å²) < 4.78 is 14.6. The molecule has 1 aliphatic heterocycles. The average Bonchev–Trinajstić information content (AvgIpc) is 2.44. The van der Waals surface area contributed by atoms with Gasteiger partial charge in [-0.25, -0.2) is 4.39 Å². The number of likely N-dealkylation sites (N-methyl/N-ethyl adjacent to an activating group) is 1. The van der Waals surface area contributed by atoms with Crippen molar-refractivity contribution in [2.45, 2.75) is 25.8 Å². The zero-order valence-corrected chi connectivity index (χ0v) is 13.9. The molecule has 0 radical (unpaired) electrons. The number of nitrogens with two attached hydrogens (primary N) is 1. The molecule has 1 aliphatic rings. The van der Waals surface area contributed by atoms with Gasteiger partial charge < -0.3 is 16.0 Å². The first-order valence-electron chi connectivity index (χ1n) is 6.79. The minimum absolute atomic E-state index is 0.192. The molecular weight excluding hydrogens is 341 g/mol. The predicted octanol–water partition coefficient (Wildman–Crippen LogP) is 3.12. The minimum Gasteiger partial charge on any atom is -0.389 e. The Balaban J connectivity index is 2.14. The number of hydrogen-bond donors (Lipinski definition) is 2. The van der Waals surface area contributed by atoms with Crippen molar-refractivity contribution in [1.29, 1.82) is 0 Å². The summed E-state index contributed by atoms with van der Waals surface area (Å²) in [7, 11) is 0. The molecule has 0 aromatic heterocycles. The van der Waals surface area contributed by atoms with E-state index in [-0.39, 0.29) is 16.8 Å². The molecule has 0 amide bonds. The number of hydrogen-bond acceptors (Lipinski definition) is 3. The lowest BCUT2D eigenvalue weighted by atomic mass is 10.0. The molecule has 1 saturated heterocycles. The smallest absolute Gasteiger partial charge is 0.161 e. The molecular formula is C14H19BrFN3S. The third-order valence-corrected chi connectivity index (χ3v) is 4.66. The molecule has 3 N–H and O–H groups in total. The van der Waals surface area contributed by atoms with Crippen molar-refractivity contribution in [2.24, 2.45) is 5.73 Å². The van der Waals surface area contributed by atoms with Crippen molar-refractivity contribution in [1.82, 2.24) is 4.90 Å². The second-order valence-corrected chi connectivity index (χ2v) is 6.26. The number of nitrogens with zero attached hydrogens (tertiary/aromatic N) is 1. The fourth-order valence-electron chi connectivity index (χ4n) is 2.53. The van der Waals surface area contributed by atoms with Gasteiger partial charge in [-0.3, -0.25) is 0 Å². The zero-order chi connectivity index (χ0) is 14.7. The summed E-state index contributed by atoms with van der Waals surface area (Å²) in [5, 5.41) is 3.29. The van der Waals surface area contributed by atoms with Crippen LogP contribution in [0.25, 0.3) is 0 Å². The molecule has 1 fully saturated rings. The van der Waals surface area contributed by atoms with E-state index in [2.05, 4.69) is 33.1 Å². The largest absolute Gasteiger partial charge is 0.389 e. The molecule has 6 heteroatoms. The molecule has 0 spiro atoms. The second kappa shape index (κ2) is 6.83. The van der Waals surface area contributed by atoms with Crippen LogP contribution in [0.2, 0.25) is 0 Å². The topological polar surface area (TPSA) is 41.3 Å². The van der Waals surface area contributed by atoms with Crippen molar-refractivity contribution in [2.75, 3.05) is 25.0 Å². The summed E-state index contributed by atoms with van der Waals surface area (Å²) >= 11 is 8.13. The van der Waals surface area contributed by atoms with Gasteiger partial charge in [-0.2, -0.15) is 0 Å². The van der Waals surface area contributed by atoms with E-state index in [1.807, 2.05) is 0 Å². The van der Waals surface area contributed by atoms with Gasteiger partial charge in [0.1, 0.15) is 4.99 Å². The number of benzene rings is 1. The monoisotopic (exact) mass is 359 g/mol. The van der Waals surface area contributed by atoms with Crippen molar-refractivity contribution in [3.8, 4) is 0 Å². The Morgan fingerprint density at radius 1 is 1.60 bits per heavy atom. The van der Waals surface area contributed by atoms with Crippen LogP contribution in [0, 0.1) is 5.82 Å². The molecule has 1 heterocycles. The van der Waals surface area contributed by atoms with Crippen LogP contribution in [0.4, 0.5) is 10.1 Å². The van der Waals surface area contributed by atoms with Gasteiger partial charge in [-0.1, -0.05) is 19.1 Å². The summed E-state index contributed by atoms with van der Waals surface area (Å²) in [6.07, 6.45) is 2.20. The van der Waals surface area contributed by atoms with E-state index in [1.165, 1.54) is 0 Å². The number of thiocarbonyl (C=S) groups is 1. The number of likely N-dealkylation sites (tertiary alicyclic amines) is 1. The maximum atomic E-state index is 14.3. The molecule has 0 aliphatic carbocycles. The van der Waals surface area contributed by atoms with Crippen LogP contribution in [0.5, 0.6) is 0 Å². The number of piperidine rings is 1. The van der Waals surface area contributed by atoms with Gasteiger partial charge in [0, 0.05) is 18.2 Å². The van der Waals surface area contributed by atoms with Crippen LogP contribution < -0.4 is 11.1 Å². The molecule has 0 bridgehead atoms. The third kappa shape index (κ3) is 3.48. The highest BCUT2D eigenvalue weighted by Crippen LogP contribution is 2.28. The SMILES string of the molecule is CCN1CCCC(Nc2ccc(C(N)=S)c(Br)c2F)C1. The lowest BCUT2D eigenvalue weighted by molar-refractivity contribution is 0.226. The van der Waals surface area contributed by atoms with Gasteiger partial charge in [0.05, 0.1) is 10.2 Å². The number of halogens is 2. The first kappa shape index (κ1) is 15.7. The van der Waals surface area contributed by atoms with Gasteiger partial charge in [-0.15, -0.1) is 0 Å². The maximum Gasteiger partial charge on any atom is 0.161 e. The summed E-state index contributed by atoms with van der Waals surface area (Å²) in [4.78, 5) is 2.56. The summed E-state index contributed by atoms with van der Waals surface area (Å²) in [5.41, 5.74) is 6.59. The lowest BCUT2D eigenvalue weighted by Gasteiger charge is -2.33. The van der Waals surface area contributed by atoms with Crippen molar-refractivity contribution >= 4 is 38.8 Å². The van der Waals surface area contributed by atoms with Crippen LogP contribution in [0.3, 0.4) is 0 Å². The van der Waals surface area contributed by atoms with Crippen LogP contribution in [0.15, 0.2) is 16.6 Å². The molecule has 3 nitrogen and oxygen atoms in total. The maximum absolute atomic E-state index is 14.3. The first-order chi connectivity index (χ1) is 9.52. The van der Waals surface area contributed by atoms with Crippen LogP contribution in [-0.2, 0) is 0 Å². The van der Waals surface area contributed by atoms with E-state index in [9.17, 15) is 4.39 Å². The second-order valence-electron chi connectivity index (χ2n) is 5.03. The molecule has 2 rings (SSSR count). The predicted molar refractivity (Wildman–Crippen MR) is 88.7 cm³/mol. The van der Waals surface area contributed by atoms with E-state index in [0.717, 1.165) is 32.5 Å². The first-order valence-corrected chi connectivity index (χ1v) is 7.99. The van der Waals surface area contributed by atoms with Gasteiger partial charge in [0.15, 0.2) is 5.82 Å². The van der Waals surface area contributed by atoms with Crippen LogP contribution in [0.1, 0.15) is 25.3 Å². The quantitative estimate of drug-likeness (QED) is 0.810. The Hall–Kier alpha value is -0.720. The number of nitrogens with one attached hydrogen (secondary N) is 1. The molecule has 110 valence electrons. The van der Waals surface area contributed by atoms with E-state index < -0.39 is 0 Å². The minimum atomic E-state index is -0.330. The van der Waals surface area contributed by atoms with Crippen molar-refractivity contribution in [3.05, 3.63) is 28.0 Å². The van der Waals surface area contributed by atoms with E-state index >= 15 is 0 Å². The number of rotatable bonds is 4. The normalized spacial score (nSPS) is 19.9. The fourth-order valence-corrected chi connectivity index (χ4v) is 3.39. The molecule has 1 aromatic rings. The van der Waals surface area contributed by atoms with E-state index in [4.69, 9.17) is 18.0 Å². The molecule has 20 heavy (non-hydrogen) atoms. The summed E-state index contributed by atoms with van der Waals surface area (Å²) in [6, 6.07) is 3.73. The molecule has 1 atom stereocenters. The standard InChI is InChI=1S/C14H19BrFN3S/c1-2-19-7-3-4-9(8-19)18-11-6-5-10(14(17)20)12(15)13(11)16/h5-6,9,18H,2-4,7-8H2,1H3,(H2,17,20). The molecule has 1 aromatic carbocycles. The Bertz CT molecular complexity index is 509. The number of anilines is 1.